The van der Waals surface area contributed by atoms with Gasteiger partial charge >= 0.3 is 5.97 Å². The van der Waals surface area contributed by atoms with E-state index >= 15 is 0 Å². The number of nitrogens with two attached hydrogens (primary N) is 1. The van der Waals surface area contributed by atoms with Crippen molar-refractivity contribution >= 4 is 5.97 Å². The van der Waals surface area contributed by atoms with E-state index < -0.39 is 5.97 Å². The number of hydrogen-bond acceptors (Lipinski definition) is 3. The van der Waals surface area contributed by atoms with Crippen LogP contribution < -0.4 is 5.90 Å². The highest BCUT2D eigenvalue weighted by Crippen LogP contribution is 2.21. The van der Waals surface area contributed by atoms with Crippen LogP contribution in [0.4, 0.5) is 0 Å². The molecule has 0 aromatic heterocycles. The minimum Gasteiger partial charge on any atom is -0.481 e. The Bertz CT molecular complexity index is 279. The Morgan fingerprint density at radius 3 is 3.08 bits per heavy atom. The number of rotatable bonds is 3. The molecule has 0 aromatic carbocycles. The summed E-state index contributed by atoms with van der Waals surface area (Å²) in [5.74, 6) is 3.88. The van der Waals surface area contributed by atoms with E-state index in [0.717, 1.165) is 5.57 Å². The van der Waals surface area contributed by atoms with Crippen LogP contribution in [0, 0.1) is 5.92 Å². The average molecular weight is 181 g/mol. The van der Waals surface area contributed by atoms with Gasteiger partial charge in [-0.05, 0) is 5.57 Å². The molecule has 0 aliphatic heterocycles. The molecule has 0 spiro atoms. The fraction of sp³-hybridized carbons (Fsp3) is 0.222. The van der Waals surface area contributed by atoms with Crippen molar-refractivity contribution in [3.8, 4) is 0 Å². The van der Waals surface area contributed by atoms with Crippen molar-refractivity contribution in [1.82, 2.24) is 0 Å². The van der Waals surface area contributed by atoms with E-state index in [0.29, 0.717) is 0 Å². The molecular weight excluding hydrogens is 170 g/mol. The highest BCUT2D eigenvalue weighted by Gasteiger charge is 2.15. The third-order valence-electron chi connectivity index (χ3n) is 1.77. The van der Waals surface area contributed by atoms with Crippen molar-refractivity contribution in [3.05, 3.63) is 36.1 Å². The van der Waals surface area contributed by atoms with Crippen molar-refractivity contribution < 1.29 is 14.7 Å². The Morgan fingerprint density at radius 2 is 2.46 bits per heavy atom. The number of allylic oxidation sites excluding steroid dienone is 5. The second-order valence-electron chi connectivity index (χ2n) is 2.70. The van der Waals surface area contributed by atoms with Crippen LogP contribution in [0.2, 0.25) is 0 Å². The zero-order valence-corrected chi connectivity index (χ0v) is 7.01. The molecule has 0 fully saturated rings. The van der Waals surface area contributed by atoms with Crippen LogP contribution >= 0.6 is 0 Å². The van der Waals surface area contributed by atoms with Crippen LogP contribution in [0.5, 0.6) is 0 Å². The van der Waals surface area contributed by atoms with Crippen molar-refractivity contribution in [2.75, 3.05) is 0 Å². The molecular formula is C9H11NO3. The molecule has 1 rings (SSSR count). The van der Waals surface area contributed by atoms with Crippen LogP contribution in [0.15, 0.2) is 36.1 Å². The molecule has 1 aliphatic rings. The summed E-state index contributed by atoms with van der Waals surface area (Å²) >= 11 is 0. The van der Waals surface area contributed by atoms with E-state index in [1.807, 2.05) is 12.2 Å². The topological polar surface area (TPSA) is 72.5 Å². The summed E-state index contributed by atoms with van der Waals surface area (Å²) in [7, 11) is 0. The molecule has 0 heterocycles. The predicted molar refractivity (Wildman–Crippen MR) is 47.4 cm³/mol. The third-order valence-corrected chi connectivity index (χ3v) is 1.77. The van der Waals surface area contributed by atoms with E-state index in [4.69, 9.17) is 11.0 Å². The zero-order valence-electron chi connectivity index (χ0n) is 7.01. The van der Waals surface area contributed by atoms with Gasteiger partial charge in [-0.1, -0.05) is 24.3 Å². The molecule has 0 radical (unpaired) electrons. The number of carbonyl (C=O) groups is 1. The van der Waals surface area contributed by atoms with Crippen LogP contribution in [0.25, 0.3) is 0 Å². The molecule has 70 valence electrons. The van der Waals surface area contributed by atoms with Gasteiger partial charge in [0.2, 0.25) is 0 Å². The second-order valence-corrected chi connectivity index (χ2v) is 2.70. The van der Waals surface area contributed by atoms with Gasteiger partial charge in [0.25, 0.3) is 0 Å². The third kappa shape index (κ3) is 2.76. The minimum absolute atomic E-state index is 0.0516. The second kappa shape index (κ2) is 4.47. The number of hydrogen-bond donors (Lipinski definition) is 2. The summed E-state index contributed by atoms with van der Waals surface area (Å²) < 4.78 is 0. The summed E-state index contributed by atoms with van der Waals surface area (Å²) in [5, 5.41) is 8.59. The summed E-state index contributed by atoms with van der Waals surface area (Å²) in [6.45, 7) is 0. The number of aliphatic carboxylic acids is 1. The molecule has 1 unspecified atom stereocenters. The Kier molecular flexibility index (Phi) is 3.28. The first-order valence-electron chi connectivity index (χ1n) is 3.86. The lowest BCUT2D eigenvalue weighted by atomic mass is 9.93. The molecule has 1 aliphatic carbocycles. The largest absolute Gasteiger partial charge is 0.481 e. The van der Waals surface area contributed by atoms with E-state index in [1.54, 1.807) is 12.2 Å². The van der Waals surface area contributed by atoms with Crippen LogP contribution in [0.1, 0.15) is 6.42 Å². The predicted octanol–water partition coefficient (Wildman–Crippen LogP) is 0.978. The molecule has 0 aromatic rings. The van der Waals surface area contributed by atoms with Gasteiger partial charge in [0.15, 0.2) is 0 Å². The van der Waals surface area contributed by atoms with E-state index in [1.165, 1.54) is 6.26 Å². The maximum Gasteiger partial charge on any atom is 0.304 e. The summed E-state index contributed by atoms with van der Waals surface area (Å²) in [4.78, 5) is 14.8. The van der Waals surface area contributed by atoms with Gasteiger partial charge in [0, 0.05) is 5.92 Å². The van der Waals surface area contributed by atoms with Gasteiger partial charge in [0.1, 0.15) is 6.26 Å². The average Bonchev–Trinajstić information content (AvgIpc) is 2.08. The zero-order chi connectivity index (χ0) is 9.68. The molecule has 1 atom stereocenters. The van der Waals surface area contributed by atoms with Crippen molar-refractivity contribution in [2.24, 2.45) is 11.8 Å². The van der Waals surface area contributed by atoms with Crippen molar-refractivity contribution in [1.29, 1.82) is 0 Å². The summed E-state index contributed by atoms with van der Waals surface area (Å²) in [6, 6.07) is 0. The molecule has 0 saturated carbocycles. The lowest BCUT2D eigenvalue weighted by Crippen LogP contribution is -2.09. The fourth-order valence-electron chi connectivity index (χ4n) is 1.18. The standard InChI is InChI=1S/C9H11NO3/c10-13-6-8-4-2-1-3-7(8)5-9(11)12/h1-4,6-7H,5,10H2,(H,11,12). The first-order chi connectivity index (χ1) is 6.24. The van der Waals surface area contributed by atoms with Crippen molar-refractivity contribution in [2.45, 2.75) is 6.42 Å². The Morgan fingerprint density at radius 1 is 1.69 bits per heavy atom. The van der Waals surface area contributed by atoms with Crippen LogP contribution in [-0.4, -0.2) is 11.1 Å². The molecule has 0 bridgehead atoms. The maximum absolute atomic E-state index is 10.5. The van der Waals surface area contributed by atoms with Gasteiger partial charge in [0.05, 0.1) is 6.42 Å². The van der Waals surface area contributed by atoms with Crippen LogP contribution in [-0.2, 0) is 9.63 Å². The quantitative estimate of drug-likeness (QED) is 0.502. The van der Waals surface area contributed by atoms with Gasteiger partial charge < -0.3 is 9.94 Å². The highest BCUT2D eigenvalue weighted by atomic mass is 16.6. The molecule has 0 amide bonds. The molecule has 4 heteroatoms. The van der Waals surface area contributed by atoms with E-state index in [-0.39, 0.29) is 12.3 Å². The van der Waals surface area contributed by atoms with Gasteiger partial charge in [-0.25, -0.2) is 0 Å². The van der Waals surface area contributed by atoms with Gasteiger partial charge in [-0.2, -0.15) is 5.90 Å². The molecule has 4 nitrogen and oxygen atoms in total. The fourth-order valence-corrected chi connectivity index (χ4v) is 1.18. The maximum atomic E-state index is 10.5. The minimum atomic E-state index is -0.840. The molecule has 13 heavy (non-hydrogen) atoms. The lowest BCUT2D eigenvalue weighted by molar-refractivity contribution is -0.137. The van der Waals surface area contributed by atoms with Crippen LogP contribution in [0.3, 0.4) is 0 Å². The SMILES string of the molecule is NOC=C1C=CC=CC1CC(=O)O. The monoisotopic (exact) mass is 181 g/mol. The number of carboxylic acid groups (broad SMARTS) is 1. The normalized spacial score (nSPS) is 23.5. The first-order valence-corrected chi connectivity index (χ1v) is 3.86. The molecule has 3 N–H and O–H groups in total. The Balaban J connectivity index is 2.70. The first kappa shape index (κ1) is 9.54. The number of carboxylic acids is 1. The lowest BCUT2D eigenvalue weighted by Gasteiger charge is -2.13. The smallest absolute Gasteiger partial charge is 0.304 e. The Labute approximate surface area is 75.9 Å². The Hall–Kier alpha value is -1.55. The van der Waals surface area contributed by atoms with E-state index in [2.05, 4.69) is 4.84 Å². The van der Waals surface area contributed by atoms with Gasteiger partial charge in [-0.3, -0.25) is 4.79 Å². The van der Waals surface area contributed by atoms with Gasteiger partial charge in [-0.15, -0.1) is 0 Å². The highest BCUT2D eigenvalue weighted by molar-refractivity contribution is 5.68. The van der Waals surface area contributed by atoms with Crippen molar-refractivity contribution in [3.63, 3.8) is 0 Å². The molecule has 0 saturated heterocycles. The van der Waals surface area contributed by atoms with E-state index in [9.17, 15) is 4.79 Å². The summed E-state index contributed by atoms with van der Waals surface area (Å²) in [6.07, 6.45) is 8.60. The summed E-state index contributed by atoms with van der Waals surface area (Å²) in [5.41, 5.74) is 0.771.